The Balaban J connectivity index is 1.50. The van der Waals surface area contributed by atoms with Gasteiger partial charge in [-0.1, -0.05) is 30.3 Å². The molecule has 0 spiro atoms. The lowest BCUT2D eigenvalue weighted by Gasteiger charge is -2.32. The number of carbonyl (C=O) groups excluding carboxylic acids is 2. The van der Waals surface area contributed by atoms with Gasteiger partial charge in [0.05, 0.1) is 6.54 Å². The third kappa shape index (κ3) is 3.24. The minimum Gasteiger partial charge on any atom is -0.336 e. The molecule has 2 aliphatic heterocycles. The summed E-state index contributed by atoms with van der Waals surface area (Å²) >= 11 is 0. The summed E-state index contributed by atoms with van der Waals surface area (Å²) in [7, 11) is 0. The van der Waals surface area contributed by atoms with Crippen LogP contribution in [0.1, 0.15) is 24.3 Å². The Morgan fingerprint density at radius 3 is 2.48 bits per heavy atom. The zero-order chi connectivity index (χ0) is 14.7. The van der Waals surface area contributed by atoms with Crippen molar-refractivity contribution in [2.24, 2.45) is 0 Å². The number of benzene rings is 1. The number of piperidine rings is 1. The van der Waals surface area contributed by atoms with Crippen molar-refractivity contribution in [2.75, 3.05) is 32.7 Å². The lowest BCUT2D eigenvalue weighted by molar-refractivity contribution is -0.129. The molecule has 0 unspecified atom stereocenters. The van der Waals surface area contributed by atoms with Crippen LogP contribution in [0, 0.1) is 0 Å². The molecule has 0 radical (unpaired) electrons. The van der Waals surface area contributed by atoms with E-state index in [1.807, 2.05) is 6.07 Å². The summed E-state index contributed by atoms with van der Waals surface area (Å²) in [6.45, 7) is 3.26. The minimum absolute atomic E-state index is 0.0804. The molecule has 3 rings (SSSR count). The molecule has 1 aromatic carbocycles. The van der Waals surface area contributed by atoms with Gasteiger partial charge in [0, 0.05) is 13.1 Å². The Bertz CT molecular complexity index is 510. The van der Waals surface area contributed by atoms with E-state index in [4.69, 9.17) is 0 Å². The standard InChI is InChI=1S/C16H21N3O2/c20-15(19-11-8-17-16(19)21)12-18-9-6-14(7-10-18)13-4-2-1-3-5-13/h1-5,14H,6-12H2,(H,17,21). The van der Waals surface area contributed by atoms with Gasteiger partial charge in [0.2, 0.25) is 5.91 Å². The van der Waals surface area contributed by atoms with E-state index in [1.54, 1.807) is 0 Å². The second-order valence-electron chi connectivity index (χ2n) is 5.74. The van der Waals surface area contributed by atoms with E-state index in [0.717, 1.165) is 25.9 Å². The maximum atomic E-state index is 12.1. The SMILES string of the molecule is O=C(CN1CCC(c2ccccc2)CC1)N1CCNC1=O. The Kier molecular flexibility index (Phi) is 4.20. The normalized spacial score (nSPS) is 20.6. The van der Waals surface area contributed by atoms with Gasteiger partial charge in [-0.25, -0.2) is 4.79 Å². The number of hydrogen-bond donors (Lipinski definition) is 1. The molecule has 3 amide bonds. The van der Waals surface area contributed by atoms with Crippen LogP contribution in [0.15, 0.2) is 30.3 Å². The van der Waals surface area contributed by atoms with Gasteiger partial charge >= 0.3 is 6.03 Å². The highest BCUT2D eigenvalue weighted by molar-refractivity contribution is 5.96. The van der Waals surface area contributed by atoms with Crippen LogP contribution < -0.4 is 5.32 Å². The molecule has 5 nitrogen and oxygen atoms in total. The first kappa shape index (κ1) is 14.1. The minimum atomic E-state index is -0.251. The van der Waals surface area contributed by atoms with Crippen LogP contribution in [0.25, 0.3) is 0 Å². The number of urea groups is 1. The van der Waals surface area contributed by atoms with E-state index < -0.39 is 0 Å². The number of imide groups is 1. The molecular weight excluding hydrogens is 266 g/mol. The maximum Gasteiger partial charge on any atom is 0.324 e. The molecule has 0 atom stereocenters. The average molecular weight is 287 g/mol. The first-order chi connectivity index (χ1) is 10.2. The highest BCUT2D eigenvalue weighted by Crippen LogP contribution is 2.27. The van der Waals surface area contributed by atoms with Crippen LogP contribution in [0.2, 0.25) is 0 Å². The predicted molar refractivity (Wildman–Crippen MR) is 80.0 cm³/mol. The van der Waals surface area contributed by atoms with E-state index in [0.29, 0.717) is 25.6 Å². The molecule has 1 aromatic rings. The van der Waals surface area contributed by atoms with Gasteiger partial charge in [-0.15, -0.1) is 0 Å². The van der Waals surface area contributed by atoms with E-state index in [1.165, 1.54) is 10.5 Å². The third-order valence-corrected chi connectivity index (χ3v) is 4.38. The number of likely N-dealkylation sites (tertiary alicyclic amines) is 1. The molecule has 0 aromatic heterocycles. The predicted octanol–water partition coefficient (Wildman–Crippen LogP) is 1.42. The lowest BCUT2D eigenvalue weighted by Crippen LogP contribution is -2.44. The molecule has 2 aliphatic rings. The van der Waals surface area contributed by atoms with Crippen molar-refractivity contribution >= 4 is 11.9 Å². The van der Waals surface area contributed by atoms with E-state index in [9.17, 15) is 9.59 Å². The molecule has 1 N–H and O–H groups in total. The van der Waals surface area contributed by atoms with Crippen LogP contribution in [-0.2, 0) is 4.79 Å². The summed E-state index contributed by atoms with van der Waals surface area (Å²) in [6.07, 6.45) is 2.15. The monoisotopic (exact) mass is 287 g/mol. The van der Waals surface area contributed by atoms with Crippen LogP contribution in [-0.4, -0.2) is 54.5 Å². The topological polar surface area (TPSA) is 52.7 Å². The van der Waals surface area contributed by atoms with E-state index in [2.05, 4.69) is 34.5 Å². The Labute approximate surface area is 124 Å². The zero-order valence-corrected chi connectivity index (χ0v) is 12.1. The number of rotatable bonds is 3. The Morgan fingerprint density at radius 1 is 1.14 bits per heavy atom. The number of hydrogen-bond acceptors (Lipinski definition) is 3. The number of nitrogens with zero attached hydrogens (tertiary/aromatic N) is 2. The Morgan fingerprint density at radius 2 is 1.86 bits per heavy atom. The van der Waals surface area contributed by atoms with E-state index >= 15 is 0 Å². The number of nitrogens with one attached hydrogen (secondary N) is 1. The summed E-state index contributed by atoms with van der Waals surface area (Å²) < 4.78 is 0. The molecule has 2 saturated heterocycles. The fraction of sp³-hybridized carbons (Fsp3) is 0.500. The highest BCUT2D eigenvalue weighted by atomic mass is 16.2. The third-order valence-electron chi connectivity index (χ3n) is 4.38. The van der Waals surface area contributed by atoms with Gasteiger partial charge in [-0.05, 0) is 37.4 Å². The first-order valence-corrected chi connectivity index (χ1v) is 7.59. The molecule has 0 saturated carbocycles. The van der Waals surface area contributed by atoms with Crippen molar-refractivity contribution in [3.05, 3.63) is 35.9 Å². The molecule has 112 valence electrons. The highest BCUT2D eigenvalue weighted by Gasteiger charge is 2.28. The van der Waals surface area contributed by atoms with Crippen molar-refractivity contribution in [1.82, 2.24) is 15.1 Å². The van der Waals surface area contributed by atoms with E-state index in [-0.39, 0.29) is 11.9 Å². The van der Waals surface area contributed by atoms with Gasteiger partial charge in [0.15, 0.2) is 0 Å². The molecule has 21 heavy (non-hydrogen) atoms. The maximum absolute atomic E-state index is 12.1. The molecule has 2 fully saturated rings. The summed E-state index contributed by atoms with van der Waals surface area (Å²) in [6, 6.07) is 10.3. The lowest BCUT2D eigenvalue weighted by atomic mass is 9.89. The molecular formula is C16H21N3O2. The van der Waals surface area contributed by atoms with Gasteiger partial charge in [-0.3, -0.25) is 14.6 Å². The van der Waals surface area contributed by atoms with Gasteiger partial charge in [-0.2, -0.15) is 0 Å². The number of carbonyl (C=O) groups is 2. The fourth-order valence-corrected chi connectivity index (χ4v) is 3.14. The molecule has 2 heterocycles. The van der Waals surface area contributed by atoms with Crippen LogP contribution >= 0.6 is 0 Å². The van der Waals surface area contributed by atoms with Crippen molar-refractivity contribution in [3.8, 4) is 0 Å². The van der Waals surface area contributed by atoms with Crippen LogP contribution in [0.5, 0.6) is 0 Å². The van der Waals surface area contributed by atoms with Gasteiger partial charge in [0.25, 0.3) is 0 Å². The summed E-state index contributed by atoms with van der Waals surface area (Å²) in [5.74, 6) is 0.510. The van der Waals surface area contributed by atoms with Crippen LogP contribution in [0.4, 0.5) is 4.79 Å². The van der Waals surface area contributed by atoms with Crippen molar-refractivity contribution in [2.45, 2.75) is 18.8 Å². The number of amides is 3. The second-order valence-corrected chi connectivity index (χ2v) is 5.74. The summed E-state index contributed by atoms with van der Waals surface area (Å²) in [5.41, 5.74) is 1.39. The molecule has 0 aliphatic carbocycles. The van der Waals surface area contributed by atoms with Gasteiger partial charge in [0.1, 0.15) is 0 Å². The quantitative estimate of drug-likeness (QED) is 0.914. The van der Waals surface area contributed by atoms with Gasteiger partial charge < -0.3 is 5.32 Å². The smallest absolute Gasteiger partial charge is 0.324 e. The summed E-state index contributed by atoms with van der Waals surface area (Å²) in [4.78, 5) is 27.1. The zero-order valence-electron chi connectivity index (χ0n) is 12.1. The second kappa shape index (κ2) is 6.26. The van der Waals surface area contributed by atoms with Crippen molar-refractivity contribution in [3.63, 3.8) is 0 Å². The first-order valence-electron chi connectivity index (χ1n) is 7.59. The van der Waals surface area contributed by atoms with Crippen molar-refractivity contribution < 1.29 is 9.59 Å². The average Bonchev–Trinajstić information content (AvgIpc) is 2.95. The largest absolute Gasteiger partial charge is 0.336 e. The summed E-state index contributed by atoms with van der Waals surface area (Å²) in [5, 5.41) is 2.66. The fourth-order valence-electron chi connectivity index (χ4n) is 3.14. The molecule has 5 heteroatoms. The molecule has 0 bridgehead atoms. The van der Waals surface area contributed by atoms with Crippen LogP contribution in [0.3, 0.4) is 0 Å². The Hall–Kier alpha value is -1.88. The van der Waals surface area contributed by atoms with Crippen molar-refractivity contribution in [1.29, 1.82) is 0 Å².